The van der Waals surface area contributed by atoms with Crippen LogP contribution in [0.3, 0.4) is 0 Å². The molecule has 110 valence electrons. The van der Waals surface area contributed by atoms with Crippen LogP contribution in [0.5, 0.6) is 0 Å². The highest BCUT2D eigenvalue weighted by Gasteiger charge is 2.23. The summed E-state index contributed by atoms with van der Waals surface area (Å²) < 4.78 is 0. The maximum Gasteiger partial charge on any atom is 0.372 e. The van der Waals surface area contributed by atoms with E-state index in [1.165, 1.54) is 5.56 Å². The summed E-state index contributed by atoms with van der Waals surface area (Å²) in [7, 11) is 0. The van der Waals surface area contributed by atoms with E-state index < -0.39 is 11.8 Å². The van der Waals surface area contributed by atoms with E-state index in [2.05, 4.69) is 12.2 Å². The lowest BCUT2D eigenvalue weighted by atomic mass is 9.94. The number of hydrogen-bond donors (Lipinski definition) is 2. The van der Waals surface area contributed by atoms with Crippen molar-refractivity contribution in [3.63, 3.8) is 0 Å². The standard InChI is InChI=1S/C16H23NO3/c1-3-7-14(15(18)16(19)20)10-11-17-12(2)13-8-5-4-6-9-13/h4-6,8-9,12,14,17H,3,7,10-11H2,1-2H3,(H,19,20)/t12-,14?/m1/s1. The van der Waals surface area contributed by atoms with Gasteiger partial charge in [-0.2, -0.15) is 0 Å². The zero-order chi connectivity index (χ0) is 15.0. The summed E-state index contributed by atoms with van der Waals surface area (Å²) in [6.45, 7) is 4.66. The van der Waals surface area contributed by atoms with Gasteiger partial charge < -0.3 is 10.4 Å². The van der Waals surface area contributed by atoms with E-state index in [0.29, 0.717) is 19.4 Å². The molecule has 0 fully saturated rings. The fourth-order valence-corrected chi connectivity index (χ4v) is 2.26. The molecule has 0 aliphatic rings. The minimum Gasteiger partial charge on any atom is -0.475 e. The van der Waals surface area contributed by atoms with Crippen molar-refractivity contribution < 1.29 is 14.7 Å². The van der Waals surface area contributed by atoms with E-state index in [9.17, 15) is 9.59 Å². The Bertz CT molecular complexity index is 431. The quantitative estimate of drug-likeness (QED) is 0.681. The van der Waals surface area contributed by atoms with Crippen LogP contribution in [-0.2, 0) is 9.59 Å². The lowest BCUT2D eigenvalue weighted by Gasteiger charge is -2.17. The topological polar surface area (TPSA) is 66.4 Å². The number of benzene rings is 1. The molecule has 1 rings (SSSR count). The molecule has 0 saturated carbocycles. The van der Waals surface area contributed by atoms with Crippen molar-refractivity contribution in [3.05, 3.63) is 35.9 Å². The Kier molecular flexibility index (Phi) is 6.94. The summed E-state index contributed by atoms with van der Waals surface area (Å²) in [6.07, 6.45) is 2.01. The third-order valence-electron chi connectivity index (χ3n) is 3.46. The first kappa shape index (κ1) is 16.4. The molecule has 4 heteroatoms. The van der Waals surface area contributed by atoms with Crippen molar-refractivity contribution in [2.45, 2.75) is 39.2 Å². The van der Waals surface area contributed by atoms with Gasteiger partial charge in [-0.05, 0) is 31.9 Å². The van der Waals surface area contributed by atoms with Crippen molar-refractivity contribution in [1.29, 1.82) is 0 Å². The Labute approximate surface area is 120 Å². The zero-order valence-corrected chi connectivity index (χ0v) is 12.1. The number of carboxylic acid groups (broad SMARTS) is 1. The molecule has 0 amide bonds. The van der Waals surface area contributed by atoms with Crippen molar-refractivity contribution in [2.75, 3.05) is 6.54 Å². The van der Waals surface area contributed by atoms with Crippen LogP contribution in [0.1, 0.15) is 44.7 Å². The molecule has 1 unspecified atom stereocenters. The molecule has 0 aliphatic heterocycles. The third kappa shape index (κ3) is 5.13. The minimum absolute atomic E-state index is 0.193. The molecule has 0 bridgehead atoms. The van der Waals surface area contributed by atoms with Crippen LogP contribution in [0.25, 0.3) is 0 Å². The Balaban J connectivity index is 2.44. The van der Waals surface area contributed by atoms with Gasteiger partial charge in [-0.1, -0.05) is 43.7 Å². The highest BCUT2D eigenvalue weighted by atomic mass is 16.4. The minimum atomic E-state index is -1.32. The van der Waals surface area contributed by atoms with Gasteiger partial charge in [0.15, 0.2) is 0 Å². The van der Waals surface area contributed by atoms with E-state index in [-0.39, 0.29) is 12.0 Å². The number of carbonyl (C=O) groups excluding carboxylic acids is 1. The highest BCUT2D eigenvalue weighted by Crippen LogP contribution is 2.15. The summed E-state index contributed by atoms with van der Waals surface area (Å²) >= 11 is 0. The fourth-order valence-electron chi connectivity index (χ4n) is 2.26. The second-order valence-corrected chi connectivity index (χ2v) is 5.03. The molecule has 0 radical (unpaired) electrons. The van der Waals surface area contributed by atoms with Gasteiger partial charge in [0.05, 0.1) is 0 Å². The van der Waals surface area contributed by atoms with Crippen LogP contribution >= 0.6 is 0 Å². The van der Waals surface area contributed by atoms with Crippen LogP contribution in [0.15, 0.2) is 30.3 Å². The Hall–Kier alpha value is -1.68. The average Bonchev–Trinajstić information content (AvgIpc) is 2.46. The molecule has 4 nitrogen and oxygen atoms in total. The molecule has 2 atom stereocenters. The van der Waals surface area contributed by atoms with Crippen LogP contribution in [0, 0.1) is 5.92 Å². The fraction of sp³-hybridized carbons (Fsp3) is 0.500. The number of hydrogen-bond acceptors (Lipinski definition) is 3. The van der Waals surface area contributed by atoms with E-state index in [0.717, 1.165) is 6.42 Å². The molecule has 0 spiro atoms. The van der Waals surface area contributed by atoms with Gasteiger partial charge in [-0.25, -0.2) is 4.79 Å². The van der Waals surface area contributed by atoms with Gasteiger partial charge in [0.2, 0.25) is 5.78 Å². The molecule has 0 aliphatic carbocycles. The van der Waals surface area contributed by atoms with Gasteiger partial charge in [-0.15, -0.1) is 0 Å². The van der Waals surface area contributed by atoms with Crippen LogP contribution in [-0.4, -0.2) is 23.4 Å². The summed E-state index contributed by atoms with van der Waals surface area (Å²) in [5.74, 6) is -2.37. The number of ketones is 1. The number of aliphatic carboxylic acids is 1. The number of carbonyl (C=O) groups is 2. The van der Waals surface area contributed by atoms with Gasteiger partial charge in [-0.3, -0.25) is 4.79 Å². The first-order valence-corrected chi connectivity index (χ1v) is 7.11. The Morgan fingerprint density at radius 1 is 1.20 bits per heavy atom. The normalized spacial score (nSPS) is 13.7. The predicted octanol–water partition coefficient (Wildman–Crippen LogP) is 2.80. The van der Waals surface area contributed by atoms with Crippen molar-refractivity contribution in [2.24, 2.45) is 5.92 Å². The monoisotopic (exact) mass is 277 g/mol. The van der Waals surface area contributed by atoms with Crippen LogP contribution in [0.2, 0.25) is 0 Å². The number of rotatable bonds is 9. The molecule has 20 heavy (non-hydrogen) atoms. The van der Waals surface area contributed by atoms with Gasteiger partial charge in [0.25, 0.3) is 0 Å². The van der Waals surface area contributed by atoms with E-state index in [1.54, 1.807) is 0 Å². The van der Waals surface area contributed by atoms with Gasteiger partial charge >= 0.3 is 5.97 Å². The lowest BCUT2D eigenvalue weighted by Crippen LogP contribution is -2.28. The largest absolute Gasteiger partial charge is 0.475 e. The molecule has 0 heterocycles. The van der Waals surface area contributed by atoms with Crippen molar-refractivity contribution >= 4 is 11.8 Å². The first-order chi connectivity index (χ1) is 9.56. The first-order valence-electron chi connectivity index (χ1n) is 7.11. The predicted molar refractivity (Wildman–Crippen MR) is 78.5 cm³/mol. The molecule has 0 aromatic heterocycles. The van der Waals surface area contributed by atoms with Crippen LogP contribution in [0.4, 0.5) is 0 Å². The number of Topliss-reactive ketones (excluding diaryl/α,β-unsaturated/α-hetero) is 1. The maximum atomic E-state index is 11.6. The van der Waals surface area contributed by atoms with E-state index in [4.69, 9.17) is 5.11 Å². The van der Waals surface area contributed by atoms with E-state index >= 15 is 0 Å². The molecule has 0 saturated heterocycles. The summed E-state index contributed by atoms with van der Waals surface area (Å²) in [4.78, 5) is 22.3. The molecule has 1 aromatic rings. The average molecular weight is 277 g/mol. The highest BCUT2D eigenvalue weighted by molar-refractivity contribution is 6.33. The number of carboxylic acids is 1. The molecular formula is C16H23NO3. The smallest absolute Gasteiger partial charge is 0.372 e. The van der Waals surface area contributed by atoms with Gasteiger partial charge in [0, 0.05) is 12.0 Å². The van der Waals surface area contributed by atoms with Crippen molar-refractivity contribution in [1.82, 2.24) is 5.32 Å². The van der Waals surface area contributed by atoms with Crippen molar-refractivity contribution in [3.8, 4) is 0 Å². The summed E-state index contributed by atoms with van der Waals surface area (Å²) in [5.41, 5.74) is 1.18. The lowest BCUT2D eigenvalue weighted by molar-refractivity contribution is -0.151. The third-order valence-corrected chi connectivity index (χ3v) is 3.46. The molecular weight excluding hydrogens is 254 g/mol. The maximum absolute atomic E-state index is 11.6. The second kappa shape index (κ2) is 8.48. The SMILES string of the molecule is CCCC(CCN[C@H](C)c1ccccc1)C(=O)C(=O)O. The summed E-state index contributed by atoms with van der Waals surface area (Å²) in [5, 5.41) is 12.1. The zero-order valence-electron chi connectivity index (χ0n) is 12.1. The molecule has 2 N–H and O–H groups in total. The van der Waals surface area contributed by atoms with E-state index in [1.807, 2.05) is 37.3 Å². The second-order valence-electron chi connectivity index (χ2n) is 5.03. The number of nitrogens with one attached hydrogen (secondary N) is 1. The Morgan fingerprint density at radius 2 is 1.85 bits per heavy atom. The van der Waals surface area contributed by atoms with Crippen LogP contribution < -0.4 is 5.32 Å². The molecule has 1 aromatic carbocycles. The Morgan fingerprint density at radius 3 is 2.40 bits per heavy atom. The van der Waals surface area contributed by atoms with Gasteiger partial charge in [0.1, 0.15) is 0 Å². The summed E-state index contributed by atoms with van der Waals surface area (Å²) in [6, 6.07) is 10.2.